The lowest BCUT2D eigenvalue weighted by atomic mass is 10.2. The first-order chi connectivity index (χ1) is 7.61. The molecule has 0 saturated heterocycles. The van der Waals surface area contributed by atoms with Gasteiger partial charge in [0.05, 0.1) is 6.42 Å². The standard InChI is InChI=1S/C12H25O4/c1-6-13-11(14-7-2)10-12(5,15-8-3)16-9-4/h6-10H2,1-5H3. The van der Waals surface area contributed by atoms with Gasteiger partial charge in [0.15, 0.2) is 5.79 Å². The minimum absolute atomic E-state index is 0.496. The molecule has 0 saturated carbocycles. The quantitative estimate of drug-likeness (QED) is 0.544. The predicted octanol–water partition coefficient (Wildman–Crippen LogP) is 2.73. The fourth-order valence-corrected chi connectivity index (χ4v) is 1.48. The van der Waals surface area contributed by atoms with Crippen LogP contribution in [0.2, 0.25) is 0 Å². The van der Waals surface area contributed by atoms with Crippen LogP contribution in [0.15, 0.2) is 0 Å². The summed E-state index contributed by atoms with van der Waals surface area (Å²) in [6, 6.07) is 0. The van der Waals surface area contributed by atoms with Gasteiger partial charge in [-0.3, -0.25) is 0 Å². The van der Waals surface area contributed by atoms with Crippen LogP contribution in [0.5, 0.6) is 0 Å². The van der Waals surface area contributed by atoms with Gasteiger partial charge in [-0.05, 0) is 34.6 Å². The molecule has 4 heteroatoms. The summed E-state index contributed by atoms with van der Waals surface area (Å²) in [5, 5.41) is 0. The Morgan fingerprint density at radius 1 is 0.812 bits per heavy atom. The highest BCUT2D eigenvalue weighted by Crippen LogP contribution is 2.25. The number of rotatable bonds is 10. The Morgan fingerprint density at radius 3 is 1.56 bits per heavy atom. The number of hydrogen-bond donors (Lipinski definition) is 0. The van der Waals surface area contributed by atoms with Gasteiger partial charge in [0, 0.05) is 26.4 Å². The van der Waals surface area contributed by atoms with E-state index in [0.717, 1.165) is 0 Å². The van der Waals surface area contributed by atoms with Gasteiger partial charge >= 0.3 is 0 Å². The number of ether oxygens (including phenoxy) is 4. The average Bonchev–Trinajstić information content (AvgIpc) is 2.18. The van der Waals surface area contributed by atoms with Crippen molar-refractivity contribution in [3.05, 3.63) is 6.29 Å². The molecular weight excluding hydrogens is 208 g/mol. The third kappa shape index (κ3) is 6.43. The minimum Gasteiger partial charge on any atom is -0.350 e. The molecule has 0 bridgehead atoms. The van der Waals surface area contributed by atoms with Crippen molar-refractivity contribution < 1.29 is 18.9 Å². The maximum absolute atomic E-state index is 5.59. The van der Waals surface area contributed by atoms with Crippen LogP contribution in [-0.2, 0) is 18.9 Å². The Hall–Kier alpha value is -0.160. The molecule has 0 fully saturated rings. The van der Waals surface area contributed by atoms with Crippen LogP contribution >= 0.6 is 0 Å². The van der Waals surface area contributed by atoms with Crippen molar-refractivity contribution in [2.75, 3.05) is 26.4 Å². The normalized spacial score (nSPS) is 12.4. The molecule has 97 valence electrons. The Kier molecular flexibility index (Phi) is 8.84. The van der Waals surface area contributed by atoms with Crippen molar-refractivity contribution in [2.45, 2.75) is 46.8 Å². The van der Waals surface area contributed by atoms with Gasteiger partial charge in [-0.1, -0.05) is 0 Å². The summed E-state index contributed by atoms with van der Waals surface area (Å²) in [7, 11) is 0. The van der Waals surface area contributed by atoms with E-state index in [0.29, 0.717) is 39.1 Å². The number of hydrogen-bond acceptors (Lipinski definition) is 4. The van der Waals surface area contributed by atoms with E-state index in [1.54, 1.807) is 0 Å². The molecule has 0 aliphatic carbocycles. The van der Waals surface area contributed by atoms with E-state index in [4.69, 9.17) is 18.9 Å². The fraction of sp³-hybridized carbons (Fsp3) is 0.917. The van der Waals surface area contributed by atoms with Gasteiger partial charge in [-0.25, -0.2) is 0 Å². The SMILES string of the molecule is CCO[C](CC(C)(OCC)OCC)OCC. The minimum atomic E-state index is -0.664. The molecule has 4 nitrogen and oxygen atoms in total. The Morgan fingerprint density at radius 2 is 1.25 bits per heavy atom. The van der Waals surface area contributed by atoms with Gasteiger partial charge < -0.3 is 18.9 Å². The van der Waals surface area contributed by atoms with Crippen LogP contribution in [0, 0.1) is 6.29 Å². The molecule has 0 unspecified atom stereocenters. The summed E-state index contributed by atoms with van der Waals surface area (Å²) in [6.45, 7) is 12.0. The smallest absolute Gasteiger partial charge is 0.229 e. The fourth-order valence-electron chi connectivity index (χ4n) is 1.48. The third-order valence-corrected chi connectivity index (χ3v) is 1.98. The second kappa shape index (κ2) is 8.93. The van der Waals surface area contributed by atoms with Crippen molar-refractivity contribution in [1.82, 2.24) is 0 Å². The largest absolute Gasteiger partial charge is 0.350 e. The summed E-state index contributed by atoms with van der Waals surface area (Å²) in [5.74, 6) is -0.664. The highest BCUT2D eigenvalue weighted by atomic mass is 16.7. The molecular formula is C12H25O4. The first-order valence-corrected chi connectivity index (χ1v) is 6.01. The molecule has 0 aliphatic rings. The van der Waals surface area contributed by atoms with Gasteiger partial charge in [0.25, 0.3) is 0 Å². The van der Waals surface area contributed by atoms with Crippen molar-refractivity contribution in [1.29, 1.82) is 0 Å². The molecule has 0 heterocycles. The van der Waals surface area contributed by atoms with Crippen LogP contribution in [0.4, 0.5) is 0 Å². The van der Waals surface area contributed by atoms with E-state index < -0.39 is 5.79 Å². The molecule has 0 spiro atoms. The zero-order valence-corrected chi connectivity index (χ0v) is 11.2. The molecule has 1 radical (unpaired) electrons. The van der Waals surface area contributed by atoms with Crippen LogP contribution < -0.4 is 0 Å². The van der Waals surface area contributed by atoms with Crippen molar-refractivity contribution >= 4 is 0 Å². The first kappa shape index (κ1) is 15.8. The molecule has 0 atom stereocenters. The third-order valence-electron chi connectivity index (χ3n) is 1.98. The van der Waals surface area contributed by atoms with E-state index in [1.807, 2.05) is 34.6 Å². The van der Waals surface area contributed by atoms with Crippen LogP contribution in [-0.4, -0.2) is 32.2 Å². The lowest BCUT2D eigenvalue weighted by Gasteiger charge is -2.31. The molecule has 16 heavy (non-hydrogen) atoms. The molecule has 0 rings (SSSR count). The Balaban J connectivity index is 4.30. The van der Waals surface area contributed by atoms with Crippen LogP contribution in [0.3, 0.4) is 0 Å². The van der Waals surface area contributed by atoms with E-state index in [1.165, 1.54) is 0 Å². The van der Waals surface area contributed by atoms with E-state index in [2.05, 4.69) is 0 Å². The monoisotopic (exact) mass is 233 g/mol. The summed E-state index contributed by atoms with van der Waals surface area (Å²) < 4.78 is 22.0. The Bertz CT molecular complexity index is 149. The maximum atomic E-state index is 5.59. The summed E-state index contributed by atoms with van der Waals surface area (Å²) in [5.41, 5.74) is 0. The molecule has 0 aliphatic heterocycles. The highest BCUT2D eigenvalue weighted by molar-refractivity contribution is 4.76. The molecule has 0 aromatic carbocycles. The van der Waals surface area contributed by atoms with Gasteiger partial charge in [-0.15, -0.1) is 0 Å². The van der Waals surface area contributed by atoms with Crippen molar-refractivity contribution in [3.63, 3.8) is 0 Å². The zero-order chi connectivity index (χ0) is 12.4. The first-order valence-electron chi connectivity index (χ1n) is 6.01. The second-order valence-corrected chi connectivity index (χ2v) is 3.41. The van der Waals surface area contributed by atoms with Gasteiger partial charge in [0.1, 0.15) is 0 Å². The van der Waals surface area contributed by atoms with E-state index in [9.17, 15) is 0 Å². The summed E-state index contributed by atoms with van der Waals surface area (Å²) in [4.78, 5) is 0. The van der Waals surface area contributed by atoms with E-state index in [-0.39, 0.29) is 0 Å². The van der Waals surface area contributed by atoms with Gasteiger partial charge in [0.2, 0.25) is 6.29 Å². The Labute approximate surface area is 99.2 Å². The average molecular weight is 233 g/mol. The van der Waals surface area contributed by atoms with Crippen molar-refractivity contribution in [2.24, 2.45) is 0 Å². The summed E-state index contributed by atoms with van der Waals surface area (Å²) >= 11 is 0. The highest BCUT2D eigenvalue weighted by Gasteiger charge is 2.31. The van der Waals surface area contributed by atoms with Crippen LogP contribution in [0.25, 0.3) is 0 Å². The lowest BCUT2D eigenvalue weighted by Crippen LogP contribution is -2.35. The predicted molar refractivity (Wildman–Crippen MR) is 62.8 cm³/mol. The van der Waals surface area contributed by atoms with Gasteiger partial charge in [-0.2, -0.15) is 0 Å². The zero-order valence-electron chi connectivity index (χ0n) is 11.2. The second-order valence-electron chi connectivity index (χ2n) is 3.41. The molecule has 0 amide bonds. The molecule has 0 aromatic rings. The van der Waals surface area contributed by atoms with E-state index >= 15 is 0 Å². The maximum Gasteiger partial charge on any atom is 0.229 e. The lowest BCUT2D eigenvalue weighted by molar-refractivity contribution is -0.240. The van der Waals surface area contributed by atoms with Crippen LogP contribution in [0.1, 0.15) is 41.0 Å². The topological polar surface area (TPSA) is 36.9 Å². The summed E-state index contributed by atoms with van der Waals surface area (Å²) in [6.07, 6.45) is 1.07. The molecule has 0 aromatic heterocycles. The van der Waals surface area contributed by atoms with Crippen molar-refractivity contribution in [3.8, 4) is 0 Å². The molecule has 0 N–H and O–H groups in total.